The molecule has 1 aromatic heterocycles. The molecule has 0 fully saturated rings. The highest BCUT2D eigenvalue weighted by Crippen LogP contribution is 2.31. The van der Waals surface area contributed by atoms with Crippen LogP contribution in [0.15, 0.2) is 48.8 Å². The van der Waals surface area contributed by atoms with E-state index >= 15 is 0 Å². The lowest BCUT2D eigenvalue weighted by atomic mass is 10.0. The van der Waals surface area contributed by atoms with Crippen LogP contribution in [0.25, 0.3) is 11.3 Å². The lowest BCUT2D eigenvalue weighted by Gasteiger charge is -2.20. The molecule has 28 heavy (non-hydrogen) atoms. The number of ether oxygens (including phenoxy) is 1. The number of hydrogen-bond acceptors (Lipinski definition) is 5. The Morgan fingerprint density at radius 3 is 2.75 bits per heavy atom. The quantitative estimate of drug-likeness (QED) is 0.539. The van der Waals surface area contributed by atoms with Gasteiger partial charge in [-0.1, -0.05) is 31.0 Å². The van der Waals surface area contributed by atoms with Crippen LogP contribution in [0.5, 0.6) is 11.5 Å². The number of nitrogens with zero attached hydrogens (tertiary/aromatic N) is 2. The predicted molar refractivity (Wildman–Crippen MR) is 108 cm³/mol. The van der Waals surface area contributed by atoms with Gasteiger partial charge in [0.25, 0.3) is 0 Å². The summed E-state index contributed by atoms with van der Waals surface area (Å²) in [5.41, 5.74) is 2.18. The zero-order valence-corrected chi connectivity index (χ0v) is 16.4. The van der Waals surface area contributed by atoms with Gasteiger partial charge in [0.15, 0.2) is 11.5 Å². The number of aromatic nitrogens is 2. The first-order chi connectivity index (χ1) is 13.5. The molecule has 0 saturated carbocycles. The van der Waals surface area contributed by atoms with Gasteiger partial charge in [-0.2, -0.15) is 0 Å². The molecule has 3 aromatic rings. The lowest BCUT2D eigenvalue weighted by Crippen LogP contribution is -2.12. The van der Waals surface area contributed by atoms with Gasteiger partial charge in [-0.3, -0.25) is 4.98 Å². The number of phenolic OH excluding ortho intramolecular Hbond substituents is 1. The summed E-state index contributed by atoms with van der Waals surface area (Å²) >= 11 is 5.80. The maximum Gasteiger partial charge on any atom is 0.161 e. The molecule has 1 atom stereocenters. The van der Waals surface area contributed by atoms with E-state index in [9.17, 15) is 9.50 Å². The molecule has 0 bridgehead atoms. The van der Waals surface area contributed by atoms with Crippen molar-refractivity contribution in [2.75, 3.05) is 12.4 Å². The summed E-state index contributed by atoms with van der Waals surface area (Å²) in [6, 6.07) is 9.66. The van der Waals surface area contributed by atoms with Crippen molar-refractivity contribution in [1.29, 1.82) is 0 Å². The average Bonchev–Trinajstić information content (AvgIpc) is 2.70. The SMILES string of the molecule is CCCC(Nc1cncc(-c2ccc(O)c(OC)c2)n1)c1ccc(Cl)c(F)c1. The molecule has 1 heterocycles. The van der Waals surface area contributed by atoms with Crippen LogP contribution in [0.2, 0.25) is 5.02 Å². The number of methoxy groups -OCH3 is 1. The Kier molecular flexibility index (Phi) is 6.31. The molecule has 3 rings (SSSR count). The Morgan fingerprint density at radius 2 is 2.04 bits per heavy atom. The largest absolute Gasteiger partial charge is 0.504 e. The lowest BCUT2D eigenvalue weighted by molar-refractivity contribution is 0.373. The van der Waals surface area contributed by atoms with Crippen LogP contribution in [0.4, 0.5) is 10.2 Å². The molecule has 1 unspecified atom stereocenters. The number of phenols is 1. The van der Waals surface area contributed by atoms with E-state index < -0.39 is 5.82 Å². The van der Waals surface area contributed by atoms with Crippen molar-refractivity contribution in [2.24, 2.45) is 0 Å². The summed E-state index contributed by atoms with van der Waals surface area (Å²) in [6.07, 6.45) is 4.95. The normalized spacial score (nSPS) is 11.9. The van der Waals surface area contributed by atoms with E-state index in [0.29, 0.717) is 17.3 Å². The van der Waals surface area contributed by atoms with E-state index in [1.54, 1.807) is 42.7 Å². The Hall–Kier alpha value is -2.86. The molecule has 5 nitrogen and oxygen atoms in total. The summed E-state index contributed by atoms with van der Waals surface area (Å²) in [5.74, 6) is 0.538. The first-order valence-corrected chi connectivity index (χ1v) is 9.30. The second-order valence-electron chi connectivity index (χ2n) is 6.34. The van der Waals surface area contributed by atoms with E-state index in [1.165, 1.54) is 13.2 Å². The van der Waals surface area contributed by atoms with Gasteiger partial charge in [0, 0.05) is 5.56 Å². The summed E-state index contributed by atoms with van der Waals surface area (Å²) in [7, 11) is 1.49. The predicted octanol–water partition coefficient (Wildman–Crippen LogP) is 5.60. The molecule has 0 amide bonds. The highest BCUT2D eigenvalue weighted by atomic mass is 35.5. The van der Waals surface area contributed by atoms with Crippen molar-refractivity contribution in [3.05, 3.63) is 65.2 Å². The van der Waals surface area contributed by atoms with Gasteiger partial charge in [-0.05, 0) is 42.3 Å². The third kappa shape index (κ3) is 4.51. The van der Waals surface area contributed by atoms with Crippen LogP contribution in [0.1, 0.15) is 31.4 Å². The van der Waals surface area contributed by atoms with E-state index in [0.717, 1.165) is 24.0 Å². The zero-order chi connectivity index (χ0) is 20.1. The minimum absolute atomic E-state index is 0.0567. The fourth-order valence-electron chi connectivity index (χ4n) is 2.93. The van der Waals surface area contributed by atoms with Crippen molar-refractivity contribution >= 4 is 17.4 Å². The van der Waals surface area contributed by atoms with Crippen LogP contribution < -0.4 is 10.1 Å². The second-order valence-corrected chi connectivity index (χ2v) is 6.74. The van der Waals surface area contributed by atoms with Crippen molar-refractivity contribution < 1.29 is 14.2 Å². The molecule has 2 aromatic carbocycles. The minimum atomic E-state index is -0.446. The van der Waals surface area contributed by atoms with Crippen LogP contribution >= 0.6 is 11.6 Å². The summed E-state index contributed by atoms with van der Waals surface area (Å²) in [6.45, 7) is 2.06. The number of rotatable bonds is 7. The number of benzene rings is 2. The first-order valence-electron chi connectivity index (χ1n) is 8.92. The van der Waals surface area contributed by atoms with Gasteiger partial charge < -0.3 is 15.2 Å². The highest BCUT2D eigenvalue weighted by molar-refractivity contribution is 6.30. The molecule has 7 heteroatoms. The van der Waals surface area contributed by atoms with E-state index in [4.69, 9.17) is 16.3 Å². The van der Waals surface area contributed by atoms with E-state index in [-0.39, 0.29) is 16.8 Å². The number of anilines is 1. The maximum absolute atomic E-state index is 13.9. The number of aromatic hydroxyl groups is 1. The molecule has 146 valence electrons. The molecule has 0 spiro atoms. The van der Waals surface area contributed by atoms with Gasteiger partial charge in [0.1, 0.15) is 11.6 Å². The number of halogens is 2. The summed E-state index contributed by atoms with van der Waals surface area (Å²) in [5, 5.41) is 13.2. The molecule has 0 aliphatic rings. The third-order valence-electron chi connectivity index (χ3n) is 4.36. The third-order valence-corrected chi connectivity index (χ3v) is 4.66. The smallest absolute Gasteiger partial charge is 0.161 e. The van der Waals surface area contributed by atoms with Crippen LogP contribution in [-0.4, -0.2) is 22.2 Å². The van der Waals surface area contributed by atoms with E-state index in [1.807, 2.05) is 0 Å². The Bertz CT molecular complexity index is 968. The van der Waals surface area contributed by atoms with Gasteiger partial charge in [0.2, 0.25) is 0 Å². The Balaban J connectivity index is 1.88. The Labute approximate surface area is 168 Å². The molecular formula is C21H21ClFN3O2. The zero-order valence-electron chi connectivity index (χ0n) is 15.6. The fourth-order valence-corrected chi connectivity index (χ4v) is 3.05. The number of nitrogens with one attached hydrogen (secondary N) is 1. The molecule has 0 aliphatic carbocycles. The van der Waals surface area contributed by atoms with Crippen molar-refractivity contribution in [2.45, 2.75) is 25.8 Å². The Morgan fingerprint density at radius 1 is 1.21 bits per heavy atom. The summed E-state index contributed by atoms with van der Waals surface area (Å²) < 4.78 is 19.0. The second kappa shape index (κ2) is 8.89. The van der Waals surface area contributed by atoms with Gasteiger partial charge >= 0.3 is 0 Å². The maximum atomic E-state index is 13.9. The van der Waals surface area contributed by atoms with Crippen LogP contribution in [0, 0.1) is 5.82 Å². The molecule has 0 saturated heterocycles. The molecule has 0 radical (unpaired) electrons. The summed E-state index contributed by atoms with van der Waals surface area (Å²) in [4.78, 5) is 8.86. The number of hydrogen-bond donors (Lipinski definition) is 2. The monoisotopic (exact) mass is 401 g/mol. The average molecular weight is 402 g/mol. The van der Waals surface area contributed by atoms with Crippen LogP contribution in [-0.2, 0) is 0 Å². The molecule has 2 N–H and O–H groups in total. The van der Waals surface area contributed by atoms with Crippen molar-refractivity contribution in [1.82, 2.24) is 9.97 Å². The minimum Gasteiger partial charge on any atom is -0.504 e. The van der Waals surface area contributed by atoms with E-state index in [2.05, 4.69) is 22.2 Å². The molecule has 0 aliphatic heterocycles. The van der Waals surface area contributed by atoms with Crippen molar-refractivity contribution in [3.63, 3.8) is 0 Å². The van der Waals surface area contributed by atoms with Crippen LogP contribution in [0.3, 0.4) is 0 Å². The topological polar surface area (TPSA) is 67.3 Å². The highest BCUT2D eigenvalue weighted by Gasteiger charge is 2.14. The fraction of sp³-hybridized carbons (Fsp3) is 0.238. The van der Waals surface area contributed by atoms with Crippen molar-refractivity contribution in [3.8, 4) is 22.8 Å². The van der Waals surface area contributed by atoms with Gasteiger partial charge in [-0.15, -0.1) is 0 Å². The standard InChI is InChI=1S/C21H21ClFN3O2/c1-3-4-17(13-5-7-15(22)16(23)9-13)25-21-12-24-11-18(26-21)14-6-8-19(27)20(10-14)28-2/h5-12,17,27H,3-4H2,1-2H3,(H,25,26). The first kappa shape index (κ1) is 19.9. The van der Waals surface area contributed by atoms with Gasteiger partial charge in [0.05, 0.1) is 36.3 Å². The van der Waals surface area contributed by atoms with Gasteiger partial charge in [-0.25, -0.2) is 9.37 Å². The molecular weight excluding hydrogens is 381 g/mol.